The van der Waals surface area contributed by atoms with Gasteiger partial charge in [-0.25, -0.2) is 0 Å². The summed E-state index contributed by atoms with van der Waals surface area (Å²) in [5.41, 5.74) is 5.78. The first-order valence-corrected chi connectivity index (χ1v) is 17.0. The van der Waals surface area contributed by atoms with Crippen LogP contribution in [-0.2, 0) is 26.3 Å². The van der Waals surface area contributed by atoms with E-state index in [-0.39, 0.29) is 24.1 Å². The van der Waals surface area contributed by atoms with Crippen LogP contribution in [0.1, 0.15) is 83.9 Å². The lowest BCUT2D eigenvalue weighted by atomic mass is 9.67. The molecule has 3 aliphatic heterocycles. The third-order valence-electron chi connectivity index (χ3n) is 10.4. The van der Waals surface area contributed by atoms with Gasteiger partial charge in [-0.2, -0.15) is 0 Å². The second kappa shape index (κ2) is 13.3. The van der Waals surface area contributed by atoms with Crippen LogP contribution < -0.4 is 5.32 Å². The maximum Gasteiger partial charge on any atom is 0.228 e. The van der Waals surface area contributed by atoms with E-state index in [1.165, 1.54) is 16.7 Å². The highest BCUT2D eigenvalue weighted by atomic mass is 16.3. The van der Waals surface area contributed by atoms with Gasteiger partial charge in [0.2, 0.25) is 17.7 Å². The van der Waals surface area contributed by atoms with E-state index in [1.807, 2.05) is 21.9 Å². The Morgan fingerprint density at radius 1 is 1.09 bits per heavy atom. The van der Waals surface area contributed by atoms with Crippen LogP contribution in [0.25, 0.3) is 22.2 Å². The number of carbonyl (C=O) groups excluding carboxylic acids is 3. The van der Waals surface area contributed by atoms with Crippen molar-refractivity contribution in [1.82, 2.24) is 20.1 Å². The van der Waals surface area contributed by atoms with Crippen molar-refractivity contribution >= 4 is 28.6 Å². The predicted molar refractivity (Wildman–Crippen MR) is 181 cm³/mol. The lowest BCUT2D eigenvalue weighted by Gasteiger charge is -2.54. The third-order valence-corrected chi connectivity index (χ3v) is 10.4. The summed E-state index contributed by atoms with van der Waals surface area (Å²) < 4.78 is 5.65. The predicted octanol–water partition coefficient (Wildman–Crippen LogP) is 6.88. The first-order chi connectivity index (χ1) is 22.2. The quantitative estimate of drug-likeness (QED) is 0.254. The Kier molecular flexibility index (Phi) is 9.25. The molecule has 8 nitrogen and oxygen atoms in total. The van der Waals surface area contributed by atoms with Gasteiger partial charge in [0, 0.05) is 60.7 Å². The summed E-state index contributed by atoms with van der Waals surface area (Å²) in [6, 6.07) is 10.1. The molecule has 0 spiro atoms. The number of aromatic nitrogens is 1. The van der Waals surface area contributed by atoms with Crippen molar-refractivity contribution in [3.63, 3.8) is 0 Å². The average Bonchev–Trinajstić information content (AvgIpc) is 3.71. The summed E-state index contributed by atoms with van der Waals surface area (Å²) in [5, 5.41) is 4.13. The number of nitrogens with one attached hydrogen (secondary N) is 2. The van der Waals surface area contributed by atoms with Gasteiger partial charge in [-0.3, -0.25) is 14.4 Å². The van der Waals surface area contributed by atoms with Gasteiger partial charge in [0.15, 0.2) is 0 Å². The molecule has 3 atom stereocenters. The van der Waals surface area contributed by atoms with Crippen LogP contribution >= 0.6 is 0 Å². The summed E-state index contributed by atoms with van der Waals surface area (Å²) in [6.45, 7) is 10.8. The molecule has 2 N–H and O–H groups in total. The number of benzene rings is 1. The van der Waals surface area contributed by atoms with Crippen molar-refractivity contribution in [2.75, 3.05) is 26.2 Å². The third kappa shape index (κ3) is 6.18. The number of hydrogen-bond donors (Lipinski definition) is 2. The first kappa shape index (κ1) is 31.9. The second-order valence-electron chi connectivity index (χ2n) is 13.9. The Hall–Kier alpha value is -4.07. The van der Waals surface area contributed by atoms with E-state index in [4.69, 9.17) is 4.42 Å². The van der Waals surface area contributed by atoms with Gasteiger partial charge >= 0.3 is 0 Å². The molecule has 2 saturated heterocycles. The number of H-pyrrole nitrogens is 1. The van der Waals surface area contributed by atoms with Crippen molar-refractivity contribution in [3.05, 3.63) is 71.2 Å². The van der Waals surface area contributed by atoms with Gasteiger partial charge in [0.25, 0.3) is 0 Å². The fourth-order valence-electron chi connectivity index (χ4n) is 7.84. The minimum absolute atomic E-state index is 0.0330. The minimum atomic E-state index is -0.832. The normalized spacial score (nSPS) is 23.2. The van der Waals surface area contributed by atoms with Crippen LogP contribution in [0.3, 0.4) is 0 Å². The molecule has 3 aliphatic rings. The summed E-state index contributed by atoms with van der Waals surface area (Å²) >= 11 is 0. The number of aromatic amines is 1. The highest BCUT2D eigenvalue weighted by Crippen LogP contribution is 2.50. The van der Waals surface area contributed by atoms with Crippen LogP contribution in [0.2, 0.25) is 0 Å². The summed E-state index contributed by atoms with van der Waals surface area (Å²) in [7, 11) is 0. The fourth-order valence-corrected chi connectivity index (χ4v) is 7.84. The molecule has 2 fully saturated rings. The van der Waals surface area contributed by atoms with Crippen molar-refractivity contribution in [2.24, 2.45) is 11.8 Å². The van der Waals surface area contributed by atoms with Gasteiger partial charge in [-0.15, -0.1) is 0 Å². The van der Waals surface area contributed by atoms with E-state index < -0.39 is 17.4 Å². The molecule has 3 aromatic rings. The minimum Gasteiger partial charge on any atom is -0.464 e. The fraction of sp³-hybridized carbons (Fsp3) is 0.500. The Morgan fingerprint density at radius 2 is 1.89 bits per heavy atom. The maximum absolute atomic E-state index is 14.4. The number of carbonyl (C=O) groups is 3. The lowest BCUT2D eigenvalue weighted by molar-refractivity contribution is -0.164. The number of allylic oxidation sites excluding steroid dienone is 3. The molecular formula is C38H48N4O4. The molecule has 2 aromatic heterocycles. The first-order valence-electron chi connectivity index (χ1n) is 17.0. The monoisotopic (exact) mass is 624 g/mol. The standard InChI is InChI=1S/C38H48N4O4/c1-25(2)10-8-11-26(3)15-17-39-34(43)24-28-22-31(37(45)41-18-6-5-7-19-41)38(4)35-30(16-20-42(38)36(28)44)29-14-13-27(23-32(29)40-35)33-12-9-21-46-33/h9-10,12-15,21,23,28,31,40H,5-8,11,16-20,22,24H2,1-4H3,(H,39,43)/b26-15+/t28-,31-,38+/m1/s1. The van der Waals surface area contributed by atoms with E-state index >= 15 is 0 Å². The van der Waals surface area contributed by atoms with Gasteiger partial charge in [0.05, 0.1) is 17.7 Å². The molecule has 6 rings (SSSR count). The zero-order chi connectivity index (χ0) is 32.4. The van der Waals surface area contributed by atoms with Crippen LogP contribution in [0.5, 0.6) is 0 Å². The molecule has 0 unspecified atom stereocenters. The molecule has 0 radical (unpaired) electrons. The lowest BCUT2D eigenvalue weighted by Crippen LogP contribution is -2.64. The average molecular weight is 625 g/mol. The van der Waals surface area contributed by atoms with E-state index in [1.54, 1.807) is 6.26 Å². The molecule has 244 valence electrons. The molecule has 0 saturated carbocycles. The van der Waals surface area contributed by atoms with Crippen molar-refractivity contribution < 1.29 is 18.8 Å². The Balaban J connectivity index is 1.26. The number of piperidine rings is 2. The number of furan rings is 1. The van der Waals surface area contributed by atoms with E-state index in [9.17, 15) is 14.4 Å². The summed E-state index contributed by atoms with van der Waals surface area (Å²) in [5.74, 6) is -0.268. The molecular weight excluding hydrogens is 576 g/mol. The molecule has 8 heteroatoms. The molecule has 1 aromatic carbocycles. The van der Waals surface area contributed by atoms with Gasteiger partial charge < -0.3 is 24.5 Å². The summed E-state index contributed by atoms with van der Waals surface area (Å²) in [6.07, 6.45) is 12.2. The van der Waals surface area contributed by atoms with E-state index in [0.29, 0.717) is 25.9 Å². The Labute approximate surface area is 272 Å². The number of fused-ring (bicyclic) bond motifs is 5. The van der Waals surface area contributed by atoms with Crippen molar-refractivity contribution in [1.29, 1.82) is 0 Å². The van der Waals surface area contributed by atoms with Crippen molar-refractivity contribution in [3.8, 4) is 11.3 Å². The Morgan fingerprint density at radius 3 is 2.63 bits per heavy atom. The van der Waals surface area contributed by atoms with E-state index in [0.717, 1.165) is 73.1 Å². The second-order valence-corrected chi connectivity index (χ2v) is 13.9. The molecule has 0 bridgehead atoms. The van der Waals surface area contributed by atoms with Crippen LogP contribution in [0, 0.1) is 11.8 Å². The van der Waals surface area contributed by atoms with Crippen LogP contribution in [0.4, 0.5) is 0 Å². The van der Waals surface area contributed by atoms with Gasteiger partial charge in [-0.1, -0.05) is 35.4 Å². The highest BCUT2D eigenvalue weighted by molar-refractivity contribution is 5.93. The summed E-state index contributed by atoms with van der Waals surface area (Å²) in [4.78, 5) is 49.4. The Bertz CT molecular complexity index is 1650. The van der Waals surface area contributed by atoms with Crippen LogP contribution in [0.15, 0.2) is 64.3 Å². The van der Waals surface area contributed by atoms with Crippen LogP contribution in [-0.4, -0.2) is 58.7 Å². The zero-order valence-corrected chi connectivity index (χ0v) is 27.8. The topological polar surface area (TPSA) is 98.7 Å². The van der Waals surface area contributed by atoms with Gasteiger partial charge in [-0.05, 0) is 96.4 Å². The largest absolute Gasteiger partial charge is 0.464 e. The van der Waals surface area contributed by atoms with Gasteiger partial charge in [0.1, 0.15) is 5.76 Å². The number of rotatable bonds is 9. The molecule has 5 heterocycles. The van der Waals surface area contributed by atoms with E-state index in [2.05, 4.69) is 68.3 Å². The molecule has 0 aliphatic carbocycles. The molecule has 46 heavy (non-hydrogen) atoms. The zero-order valence-electron chi connectivity index (χ0n) is 27.8. The number of likely N-dealkylation sites (tertiary alicyclic amines) is 1. The maximum atomic E-state index is 14.4. The molecule has 3 amide bonds. The number of amides is 3. The highest BCUT2D eigenvalue weighted by Gasteiger charge is 2.57. The number of hydrogen-bond acceptors (Lipinski definition) is 4. The van der Waals surface area contributed by atoms with Crippen molar-refractivity contribution in [2.45, 2.75) is 84.6 Å². The SMILES string of the molecule is CC(C)=CCC/C(C)=C/CNC(=O)C[C@H]1C[C@H](C(=O)N2CCCCC2)[C@@]2(C)c3[nH]c4cc(-c5ccco5)ccc4c3CCN2C1=O. The smallest absolute Gasteiger partial charge is 0.228 e. The number of nitrogens with zero attached hydrogens (tertiary/aromatic N) is 2.